The lowest BCUT2D eigenvalue weighted by Crippen LogP contribution is -2.56. The van der Waals surface area contributed by atoms with E-state index < -0.39 is 0 Å². The van der Waals surface area contributed by atoms with Gasteiger partial charge in [0.05, 0.1) is 19.3 Å². The van der Waals surface area contributed by atoms with Gasteiger partial charge < -0.3 is 9.64 Å². The number of ether oxygens (including phenoxy) is 1. The van der Waals surface area contributed by atoms with Crippen molar-refractivity contribution in [3.8, 4) is 5.75 Å². The number of hydrogen-bond acceptors (Lipinski definition) is 3. The Kier molecular flexibility index (Phi) is 3.69. The van der Waals surface area contributed by atoms with Crippen LogP contribution in [0.25, 0.3) is 0 Å². The molecule has 2 heterocycles. The highest BCUT2D eigenvalue weighted by Crippen LogP contribution is 2.20. The van der Waals surface area contributed by atoms with E-state index in [0.29, 0.717) is 18.7 Å². The molecule has 1 fully saturated rings. The summed E-state index contributed by atoms with van der Waals surface area (Å²) < 4.78 is 6.63. The minimum atomic E-state index is 0.0392. The molecule has 0 bridgehead atoms. The predicted octanol–water partition coefficient (Wildman–Crippen LogP) is 2.75. The number of aromatic nitrogens is 1. The molecule has 0 atom stereocenters. The first-order valence-corrected chi connectivity index (χ1v) is 7.13. The van der Waals surface area contributed by atoms with Crippen LogP contribution in [0.4, 0.5) is 0 Å². The van der Waals surface area contributed by atoms with E-state index >= 15 is 0 Å². The minimum Gasteiger partial charge on any atom is -0.485 e. The van der Waals surface area contributed by atoms with Gasteiger partial charge in [-0.2, -0.15) is 0 Å². The molecule has 0 unspecified atom stereocenters. The number of hydrogen-bond donors (Lipinski definition) is 0. The van der Waals surface area contributed by atoms with Gasteiger partial charge in [-0.15, -0.1) is 0 Å². The van der Waals surface area contributed by atoms with E-state index in [4.69, 9.17) is 4.74 Å². The zero-order chi connectivity index (χ0) is 13.9. The summed E-state index contributed by atoms with van der Waals surface area (Å²) in [5, 5.41) is 0. The van der Waals surface area contributed by atoms with Crippen LogP contribution >= 0.6 is 15.9 Å². The quantitative estimate of drug-likeness (QED) is 0.867. The van der Waals surface area contributed by atoms with E-state index in [0.717, 1.165) is 10.2 Å². The molecule has 0 spiro atoms. The molecule has 1 saturated heterocycles. The lowest BCUT2D eigenvalue weighted by atomic mass is 10.1. The number of carbonyl (C=O) groups excluding carboxylic acids is 1. The third-order valence-electron chi connectivity index (χ3n) is 3.14. The van der Waals surface area contributed by atoms with Crippen molar-refractivity contribution in [3.05, 3.63) is 58.8 Å². The van der Waals surface area contributed by atoms with Gasteiger partial charge in [0.15, 0.2) is 0 Å². The maximum Gasteiger partial charge on any atom is 0.254 e. The highest BCUT2D eigenvalue weighted by molar-refractivity contribution is 9.10. The van der Waals surface area contributed by atoms with E-state index in [-0.39, 0.29) is 12.0 Å². The van der Waals surface area contributed by atoms with Crippen LogP contribution in [-0.2, 0) is 0 Å². The van der Waals surface area contributed by atoms with Crippen LogP contribution in [0, 0.1) is 0 Å². The summed E-state index contributed by atoms with van der Waals surface area (Å²) in [6.07, 6.45) is 3.44. The number of likely N-dealkylation sites (tertiary alicyclic amines) is 1. The van der Waals surface area contributed by atoms with Crippen molar-refractivity contribution in [3.63, 3.8) is 0 Å². The number of halogens is 1. The van der Waals surface area contributed by atoms with Crippen LogP contribution in [0.2, 0.25) is 0 Å². The second-order valence-corrected chi connectivity index (χ2v) is 5.56. The van der Waals surface area contributed by atoms with Crippen LogP contribution < -0.4 is 4.74 Å². The summed E-state index contributed by atoms with van der Waals surface area (Å²) in [5.41, 5.74) is 0.694. The number of benzene rings is 1. The number of carbonyl (C=O) groups is 1. The molecule has 3 rings (SSSR count). The van der Waals surface area contributed by atoms with Crippen molar-refractivity contribution >= 4 is 21.8 Å². The molecule has 4 nitrogen and oxygen atoms in total. The van der Waals surface area contributed by atoms with Crippen LogP contribution in [0.15, 0.2) is 53.3 Å². The molecule has 1 aromatic carbocycles. The largest absolute Gasteiger partial charge is 0.485 e. The van der Waals surface area contributed by atoms with Crippen LogP contribution in [0.1, 0.15) is 10.4 Å². The molecule has 2 aromatic rings. The van der Waals surface area contributed by atoms with Gasteiger partial charge in [-0.1, -0.05) is 22.0 Å². The smallest absolute Gasteiger partial charge is 0.254 e. The molecule has 0 saturated carbocycles. The van der Waals surface area contributed by atoms with E-state index in [2.05, 4.69) is 20.9 Å². The monoisotopic (exact) mass is 332 g/mol. The fraction of sp³-hybridized carbons (Fsp3) is 0.200. The second kappa shape index (κ2) is 5.63. The Morgan fingerprint density at radius 1 is 1.30 bits per heavy atom. The molecule has 1 aromatic heterocycles. The first-order chi connectivity index (χ1) is 9.72. The highest BCUT2D eigenvalue weighted by atomic mass is 79.9. The third kappa shape index (κ3) is 2.82. The molecular formula is C15H13BrN2O2. The number of pyridine rings is 1. The molecule has 0 radical (unpaired) electrons. The zero-order valence-corrected chi connectivity index (χ0v) is 12.3. The van der Waals surface area contributed by atoms with Crippen molar-refractivity contribution in [2.75, 3.05) is 13.1 Å². The molecule has 0 N–H and O–H groups in total. The minimum absolute atomic E-state index is 0.0392. The first kappa shape index (κ1) is 13.1. The molecule has 1 amide bonds. The summed E-state index contributed by atoms with van der Waals surface area (Å²) >= 11 is 3.37. The maximum atomic E-state index is 12.2. The number of nitrogens with zero attached hydrogens (tertiary/aromatic N) is 2. The Morgan fingerprint density at radius 2 is 2.15 bits per heavy atom. The fourth-order valence-corrected chi connectivity index (χ4v) is 2.49. The topological polar surface area (TPSA) is 42.4 Å². The third-order valence-corrected chi connectivity index (χ3v) is 3.64. The molecule has 5 heteroatoms. The van der Waals surface area contributed by atoms with E-state index in [1.807, 2.05) is 36.4 Å². The molecule has 20 heavy (non-hydrogen) atoms. The van der Waals surface area contributed by atoms with Crippen LogP contribution in [0.5, 0.6) is 5.75 Å². The molecule has 1 aliphatic heterocycles. The van der Waals surface area contributed by atoms with Gasteiger partial charge in [-0.05, 0) is 30.3 Å². The Hall–Kier alpha value is -1.88. The van der Waals surface area contributed by atoms with Gasteiger partial charge in [0.25, 0.3) is 5.91 Å². The summed E-state index contributed by atoms with van der Waals surface area (Å²) in [7, 11) is 0. The van der Waals surface area contributed by atoms with E-state index in [1.54, 1.807) is 17.3 Å². The highest BCUT2D eigenvalue weighted by Gasteiger charge is 2.32. The first-order valence-electron chi connectivity index (χ1n) is 6.34. The standard InChI is InChI=1S/C15H13BrN2O2/c16-12-4-1-3-11(7-12)15(19)18-9-14(10-18)20-13-5-2-6-17-8-13/h1-8,14H,9-10H2. The van der Waals surface area contributed by atoms with Crippen molar-refractivity contribution in [1.82, 2.24) is 9.88 Å². The lowest BCUT2D eigenvalue weighted by Gasteiger charge is -2.38. The number of amides is 1. The van der Waals surface area contributed by atoms with Crippen molar-refractivity contribution in [1.29, 1.82) is 0 Å². The Balaban J connectivity index is 1.56. The second-order valence-electron chi connectivity index (χ2n) is 4.65. The van der Waals surface area contributed by atoms with Gasteiger partial charge in [-0.3, -0.25) is 9.78 Å². The Morgan fingerprint density at radius 3 is 2.85 bits per heavy atom. The summed E-state index contributed by atoms with van der Waals surface area (Å²) in [6, 6.07) is 11.1. The SMILES string of the molecule is O=C(c1cccc(Br)c1)N1CC(Oc2cccnc2)C1. The van der Waals surface area contributed by atoms with Gasteiger partial charge in [0, 0.05) is 16.2 Å². The zero-order valence-electron chi connectivity index (χ0n) is 10.7. The summed E-state index contributed by atoms with van der Waals surface area (Å²) in [4.78, 5) is 18.0. The van der Waals surface area contributed by atoms with Gasteiger partial charge in [-0.25, -0.2) is 0 Å². The van der Waals surface area contributed by atoms with Crippen LogP contribution in [-0.4, -0.2) is 35.0 Å². The molecule has 0 aliphatic carbocycles. The molecule has 1 aliphatic rings. The predicted molar refractivity (Wildman–Crippen MR) is 78.7 cm³/mol. The van der Waals surface area contributed by atoms with Gasteiger partial charge >= 0.3 is 0 Å². The van der Waals surface area contributed by atoms with E-state index in [1.165, 1.54) is 0 Å². The van der Waals surface area contributed by atoms with Gasteiger partial charge in [0.1, 0.15) is 11.9 Å². The number of rotatable bonds is 3. The Labute approximate surface area is 125 Å². The van der Waals surface area contributed by atoms with Crippen LogP contribution in [0.3, 0.4) is 0 Å². The fourth-order valence-electron chi connectivity index (χ4n) is 2.09. The summed E-state index contributed by atoms with van der Waals surface area (Å²) in [5.74, 6) is 0.782. The lowest BCUT2D eigenvalue weighted by molar-refractivity contribution is 0.0176. The maximum absolute atomic E-state index is 12.2. The average molecular weight is 333 g/mol. The molecular weight excluding hydrogens is 320 g/mol. The van der Waals surface area contributed by atoms with Gasteiger partial charge in [0.2, 0.25) is 0 Å². The van der Waals surface area contributed by atoms with Crippen molar-refractivity contribution in [2.45, 2.75) is 6.10 Å². The van der Waals surface area contributed by atoms with E-state index in [9.17, 15) is 4.79 Å². The average Bonchev–Trinajstić information content (AvgIpc) is 2.43. The van der Waals surface area contributed by atoms with Crippen molar-refractivity contribution < 1.29 is 9.53 Å². The van der Waals surface area contributed by atoms with Crippen molar-refractivity contribution in [2.24, 2.45) is 0 Å². The Bertz CT molecular complexity index is 612. The normalized spacial score (nSPS) is 14.8. The summed E-state index contributed by atoms with van der Waals surface area (Å²) in [6.45, 7) is 1.22. The molecule has 102 valence electrons.